The molecule has 0 saturated heterocycles. The van der Waals surface area contributed by atoms with E-state index in [0.29, 0.717) is 19.6 Å². The van der Waals surface area contributed by atoms with Crippen LogP contribution < -0.4 is 5.73 Å². The summed E-state index contributed by atoms with van der Waals surface area (Å²) in [7, 11) is 0. The normalized spacial score (nSPS) is 11.9. The third-order valence-corrected chi connectivity index (χ3v) is 3.71. The quantitative estimate of drug-likeness (QED) is 0.854. The molecule has 0 fully saturated rings. The molecule has 22 heavy (non-hydrogen) atoms. The summed E-state index contributed by atoms with van der Waals surface area (Å²) < 4.78 is 0. The molecule has 0 aliphatic heterocycles. The second kappa shape index (κ2) is 8.29. The number of hydrogen-bond acceptors (Lipinski definition) is 3. The zero-order valence-corrected chi connectivity index (χ0v) is 13.0. The SMILES string of the molecule is CC(C(=O)N(CCCN)Cc1ccccc1)c1cccnc1. The highest BCUT2D eigenvalue weighted by atomic mass is 16.2. The number of pyridine rings is 1. The maximum Gasteiger partial charge on any atom is 0.230 e. The molecule has 0 aliphatic carbocycles. The van der Waals surface area contributed by atoms with Crippen LogP contribution in [0.15, 0.2) is 54.9 Å². The number of benzene rings is 1. The average molecular weight is 297 g/mol. The summed E-state index contributed by atoms with van der Waals surface area (Å²) in [5.74, 6) is -0.0829. The van der Waals surface area contributed by atoms with E-state index in [1.54, 1.807) is 12.4 Å². The van der Waals surface area contributed by atoms with Gasteiger partial charge in [0.05, 0.1) is 5.92 Å². The van der Waals surface area contributed by atoms with Crippen LogP contribution in [0.2, 0.25) is 0 Å². The summed E-state index contributed by atoms with van der Waals surface area (Å²) in [4.78, 5) is 18.8. The zero-order chi connectivity index (χ0) is 15.8. The smallest absolute Gasteiger partial charge is 0.230 e. The summed E-state index contributed by atoms with van der Waals surface area (Å²) in [5, 5.41) is 0. The van der Waals surface area contributed by atoms with E-state index in [-0.39, 0.29) is 11.8 Å². The van der Waals surface area contributed by atoms with Crippen molar-refractivity contribution in [3.05, 3.63) is 66.0 Å². The monoisotopic (exact) mass is 297 g/mol. The van der Waals surface area contributed by atoms with Crippen molar-refractivity contribution in [2.24, 2.45) is 5.73 Å². The van der Waals surface area contributed by atoms with Gasteiger partial charge in [-0.1, -0.05) is 36.4 Å². The first kappa shape index (κ1) is 16.2. The minimum Gasteiger partial charge on any atom is -0.338 e. The van der Waals surface area contributed by atoms with Crippen molar-refractivity contribution in [3.8, 4) is 0 Å². The van der Waals surface area contributed by atoms with E-state index in [9.17, 15) is 4.79 Å². The molecule has 2 rings (SSSR count). The van der Waals surface area contributed by atoms with Crippen molar-refractivity contribution < 1.29 is 4.79 Å². The molecule has 1 amide bonds. The molecule has 116 valence electrons. The van der Waals surface area contributed by atoms with Gasteiger partial charge in [-0.25, -0.2) is 0 Å². The van der Waals surface area contributed by atoms with E-state index in [1.165, 1.54) is 0 Å². The molecule has 4 heteroatoms. The van der Waals surface area contributed by atoms with Gasteiger partial charge < -0.3 is 10.6 Å². The Bertz CT molecular complexity index is 571. The number of nitrogens with two attached hydrogens (primary N) is 1. The van der Waals surface area contributed by atoms with Crippen molar-refractivity contribution in [1.82, 2.24) is 9.88 Å². The molecule has 0 bridgehead atoms. The summed E-state index contributed by atoms with van der Waals surface area (Å²) in [5.41, 5.74) is 7.68. The van der Waals surface area contributed by atoms with Gasteiger partial charge in [-0.05, 0) is 37.1 Å². The maximum atomic E-state index is 12.8. The number of aromatic nitrogens is 1. The first-order chi connectivity index (χ1) is 10.7. The van der Waals surface area contributed by atoms with Crippen molar-refractivity contribution in [1.29, 1.82) is 0 Å². The van der Waals surface area contributed by atoms with Gasteiger partial charge in [0, 0.05) is 25.5 Å². The Morgan fingerprint density at radius 2 is 2.00 bits per heavy atom. The highest BCUT2D eigenvalue weighted by Gasteiger charge is 2.21. The fourth-order valence-corrected chi connectivity index (χ4v) is 2.40. The molecule has 0 saturated carbocycles. The predicted molar refractivity (Wildman–Crippen MR) is 88.2 cm³/mol. The largest absolute Gasteiger partial charge is 0.338 e. The highest BCUT2D eigenvalue weighted by molar-refractivity contribution is 5.83. The van der Waals surface area contributed by atoms with Gasteiger partial charge in [0.1, 0.15) is 0 Å². The standard InChI is InChI=1S/C18H23N3O/c1-15(17-9-5-11-20-13-17)18(22)21(12-6-10-19)14-16-7-3-2-4-8-16/h2-5,7-9,11,13,15H,6,10,12,14,19H2,1H3. The Morgan fingerprint density at radius 1 is 1.23 bits per heavy atom. The highest BCUT2D eigenvalue weighted by Crippen LogP contribution is 2.18. The van der Waals surface area contributed by atoms with Gasteiger partial charge in [-0.2, -0.15) is 0 Å². The molecule has 1 heterocycles. The molecule has 1 unspecified atom stereocenters. The lowest BCUT2D eigenvalue weighted by molar-refractivity contribution is -0.133. The number of amides is 1. The van der Waals surface area contributed by atoms with E-state index < -0.39 is 0 Å². The lowest BCUT2D eigenvalue weighted by Crippen LogP contribution is -2.35. The van der Waals surface area contributed by atoms with Crippen molar-refractivity contribution in [2.75, 3.05) is 13.1 Å². The van der Waals surface area contributed by atoms with Crippen molar-refractivity contribution in [3.63, 3.8) is 0 Å². The van der Waals surface area contributed by atoms with Crippen LogP contribution >= 0.6 is 0 Å². The fraction of sp³-hybridized carbons (Fsp3) is 0.333. The Labute approximate surface area is 132 Å². The van der Waals surface area contributed by atoms with Crippen LogP contribution in [-0.2, 0) is 11.3 Å². The van der Waals surface area contributed by atoms with E-state index in [1.807, 2.05) is 54.3 Å². The van der Waals surface area contributed by atoms with Crippen LogP contribution in [0.1, 0.15) is 30.4 Å². The van der Waals surface area contributed by atoms with Crippen LogP contribution in [-0.4, -0.2) is 28.9 Å². The third-order valence-electron chi connectivity index (χ3n) is 3.71. The Kier molecular flexibility index (Phi) is 6.10. The lowest BCUT2D eigenvalue weighted by atomic mass is 10.0. The van der Waals surface area contributed by atoms with Crippen molar-refractivity contribution >= 4 is 5.91 Å². The number of hydrogen-bond donors (Lipinski definition) is 1. The molecule has 0 aliphatic rings. The van der Waals surface area contributed by atoms with E-state index in [0.717, 1.165) is 17.5 Å². The Hall–Kier alpha value is -2.20. The van der Waals surface area contributed by atoms with Gasteiger partial charge in [0.2, 0.25) is 5.91 Å². The predicted octanol–water partition coefficient (Wildman–Crippen LogP) is 2.56. The van der Waals surface area contributed by atoms with Crippen molar-refractivity contribution in [2.45, 2.75) is 25.8 Å². The van der Waals surface area contributed by atoms with Gasteiger partial charge >= 0.3 is 0 Å². The van der Waals surface area contributed by atoms with E-state index >= 15 is 0 Å². The molecular weight excluding hydrogens is 274 g/mol. The fourth-order valence-electron chi connectivity index (χ4n) is 2.40. The molecule has 1 aromatic carbocycles. The number of carbonyl (C=O) groups excluding carboxylic acids is 1. The summed E-state index contributed by atoms with van der Waals surface area (Å²) in [6.07, 6.45) is 4.28. The zero-order valence-electron chi connectivity index (χ0n) is 13.0. The lowest BCUT2D eigenvalue weighted by Gasteiger charge is -2.26. The van der Waals surface area contributed by atoms with Crippen LogP contribution in [0, 0.1) is 0 Å². The van der Waals surface area contributed by atoms with E-state index in [4.69, 9.17) is 5.73 Å². The first-order valence-electron chi connectivity index (χ1n) is 7.65. The van der Waals surface area contributed by atoms with Crippen LogP contribution in [0.3, 0.4) is 0 Å². The molecule has 4 nitrogen and oxygen atoms in total. The minimum absolute atomic E-state index is 0.116. The summed E-state index contributed by atoms with van der Waals surface area (Å²) >= 11 is 0. The molecule has 0 radical (unpaired) electrons. The molecule has 1 atom stereocenters. The number of nitrogens with zero attached hydrogens (tertiary/aromatic N) is 2. The molecule has 1 aromatic heterocycles. The Morgan fingerprint density at radius 3 is 2.64 bits per heavy atom. The molecule has 2 aromatic rings. The Balaban J connectivity index is 2.12. The summed E-state index contributed by atoms with van der Waals surface area (Å²) in [6.45, 7) is 3.80. The topological polar surface area (TPSA) is 59.2 Å². The van der Waals surface area contributed by atoms with E-state index in [2.05, 4.69) is 4.98 Å². The summed E-state index contributed by atoms with van der Waals surface area (Å²) in [6, 6.07) is 13.8. The van der Waals surface area contributed by atoms with Gasteiger partial charge in [0.15, 0.2) is 0 Å². The van der Waals surface area contributed by atoms with Crippen LogP contribution in [0.5, 0.6) is 0 Å². The second-order valence-electron chi connectivity index (χ2n) is 5.40. The number of carbonyl (C=O) groups is 1. The minimum atomic E-state index is -0.199. The average Bonchev–Trinajstić information content (AvgIpc) is 2.59. The molecular formula is C18H23N3O. The first-order valence-corrected chi connectivity index (χ1v) is 7.65. The molecule has 2 N–H and O–H groups in total. The van der Waals surface area contributed by atoms with Gasteiger partial charge in [0.25, 0.3) is 0 Å². The third kappa shape index (κ3) is 4.40. The maximum absolute atomic E-state index is 12.8. The van der Waals surface area contributed by atoms with Crippen LogP contribution in [0.25, 0.3) is 0 Å². The number of rotatable bonds is 7. The molecule has 0 spiro atoms. The van der Waals surface area contributed by atoms with Crippen LogP contribution in [0.4, 0.5) is 0 Å². The van der Waals surface area contributed by atoms with Gasteiger partial charge in [-0.3, -0.25) is 9.78 Å². The van der Waals surface area contributed by atoms with Gasteiger partial charge in [-0.15, -0.1) is 0 Å². The second-order valence-corrected chi connectivity index (χ2v) is 5.40.